The maximum atomic E-state index is 11.9. The van der Waals surface area contributed by atoms with Crippen molar-refractivity contribution in [3.8, 4) is 5.75 Å². The highest BCUT2D eigenvalue weighted by atomic mass is 32.1. The van der Waals surface area contributed by atoms with Gasteiger partial charge in [0, 0.05) is 26.1 Å². The van der Waals surface area contributed by atoms with E-state index in [0.717, 1.165) is 15.2 Å². The molecule has 0 spiro atoms. The molecule has 24 heavy (non-hydrogen) atoms. The van der Waals surface area contributed by atoms with Gasteiger partial charge in [0.1, 0.15) is 5.75 Å². The number of methoxy groups -OCH3 is 1. The molecule has 0 saturated carbocycles. The minimum atomic E-state index is -1.26. The van der Waals surface area contributed by atoms with Crippen LogP contribution in [0.2, 0.25) is 0 Å². The molecule has 0 amide bonds. The SMILES string of the molecule is COc1cc2nc(C)sc2cc1NC=C1C(=O)OC(C)(C)OC1=O. The molecule has 1 N–H and O–H groups in total. The number of aryl methyl sites for hydroxylation is 1. The molecule has 0 radical (unpaired) electrons. The normalized spacial score (nSPS) is 16.6. The lowest BCUT2D eigenvalue weighted by molar-refractivity contribution is -0.222. The fraction of sp³-hybridized carbons (Fsp3) is 0.312. The zero-order valence-corrected chi connectivity index (χ0v) is 14.4. The summed E-state index contributed by atoms with van der Waals surface area (Å²) in [6.45, 7) is 4.91. The topological polar surface area (TPSA) is 86.8 Å². The highest BCUT2D eigenvalue weighted by Crippen LogP contribution is 2.33. The van der Waals surface area contributed by atoms with Gasteiger partial charge in [0.25, 0.3) is 5.79 Å². The van der Waals surface area contributed by atoms with E-state index < -0.39 is 17.7 Å². The van der Waals surface area contributed by atoms with Gasteiger partial charge in [-0.05, 0) is 13.0 Å². The summed E-state index contributed by atoms with van der Waals surface area (Å²) >= 11 is 1.54. The van der Waals surface area contributed by atoms with Gasteiger partial charge in [-0.3, -0.25) is 0 Å². The second-order valence-electron chi connectivity index (χ2n) is 5.63. The van der Waals surface area contributed by atoms with Gasteiger partial charge in [0.2, 0.25) is 0 Å². The Morgan fingerprint density at radius 1 is 1.25 bits per heavy atom. The molecule has 3 rings (SSSR count). The van der Waals surface area contributed by atoms with E-state index in [1.165, 1.54) is 38.5 Å². The quantitative estimate of drug-likeness (QED) is 0.518. The summed E-state index contributed by atoms with van der Waals surface area (Å²) in [7, 11) is 1.53. The predicted octanol–water partition coefficient (Wildman–Crippen LogP) is 2.75. The molecule has 1 saturated heterocycles. The summed E-state index contributed by atoms with van der Waals surface area (Å²) in [5.41, 5.74) is 1.22. The molecule has 1 aliphatic heterocycles. The van der Waals surface area contributed by atoms with Gasteiger partial charge in [-0.1, -0.05) is 0 Å². The predicted molar refractivity (Wildman–Crippen MR) is 88.9 cm³/mol. The van der Waals surface area contributed by atoms with Crippen LogP contribution < -0.4 is 10.1 Å². The number of carbonyl (C=O) groups is 2. The number of fused-ring (bicyclic) bond motifs is 1. The van der Waals surface area contributed by atoms with Crippen molar-refractivity contribution in [3.05, 3.63) is 28.9 Å². The zero-order chi connectivity index (χ0) is 17.5. The summed E-state index contributed by atoms with van der Waals surface area (Å²) in [5, 5.41) is 3.85. The summed E-state index contributed by atoms with van der Waals surface area (Å²) in [6.07, 6.45) is 1.26. The monoisotopic (exact) mass is 348 g/mol. The Labute approximate surface area is 142 Å². The number of nitrogens with zero attached hydrogens (tertiary/aromatic N) is 1. The smallest absolute Gasteiger partial charge is 0.350 e. The number of benzene rings is 1. The van der Waals surface area contributed by atoms with Crippen LogP contribution in [0.4, 0.5) is 5.69 Å². The Kier molecular flexibility index (Phi) is 3.92. The lowest BCUT2D eigenvalue weighted by Crippen LogP contribution is -2.42. The van der Waals surface area contributed by atoms with E-state index >= 15 is 0 Å². The maximum absolute atomic E-state index is 11.9. The molecule has 0 aliphatic carbocycles. The third kappa shape index (κ3) is 3.05. The average Bonchev–Trinajstić information content (AvgIpc) is 2.83. The van der Waals surface area contributed by atoms with E-state index in [1.807, 2.05) is 13.0 Å². The van der Waals surface area contributed by atoms with Crippen LogP contribution in [0.15, 0.2) is 23.9 Å². The van der Waals surface area contributed by atoms with Crippen LogP contribution in [0, 0.1) is 6.92 Å². The van der Waals surface area contributed by atoms with Gasteiger partial charge in [0.05, 0.1) is 28.0 Å². The van der Waals surface area contributed by atoms with Crippen LogP contribution in [-0.2, 0) is 19.1 Å². The molecule has 2 aromatic rings. The van der Waals surface area contributed by atoms with Crippen LogP contribution in [0.5, 0.6) is 5.75 Å². The van der Waals surface area contributed by atoms with Crippen molar-refractivity contribution in [1.29, 1.82) is 0 Å². The van der Waals surface area contributed by atoms with Gasteiger partial charge in [-0.25, -0.2) is 14.6 Å². The number of carbonyl (C=O) groups excluding carboxylic acids is 2. The first-order valence-corrected chi connectivity index (χ1v) is 7.99. The first-order valence-electron chi connectivity index (χ1n) is 7.17. The molecule has 1 fully saturated rings. The molecule has 0 bridgehead atoms. The molecule has 7 nitrogen and oxygen atoms in total. The largest absolute Gasteiger partial charge is 0.494 e. The number of anilines is 1. The fourth-order valence-electron chi connectivity index (χ4n) is 2.28. The number of rotatable bonds is 3. The third-order valence-corrected chi connectivity index (χ3v) is 4.24. The zero-order valence-electron chi connectivity index (χ0n) is 13.6. The molecule has 126 valence electrons. The Balaban J connectivity index is 1.92. The molecule has 1 aromatic carbocycles. The van der Waals surface area contributed by atoms with Gasteiger partial charge >= 0.3 is 11.9 Å². The van der Waals surface area contributed by atoms with E-state index in [4.69, 9.17) is 14.2 Å². The summed E-state index contributed by atoms with van der Waals surface area (Å²) in [4.78, 5) is 28.3. The van der Waals surface area contributed by atoms with Gasteiger partial charge in [0.15, 0.2) is 5.57 Å². The molecule has 0 unspecified atom stereocenters. The minimum absolute atomic E-state index is 0.211. The number of esters is 2. The molecule has 2 heterocycles. The van der Waals surface area contributed by atoms with Crippen molar-refractivity contribution < 1.29 is 23.8 Å². The number of ether oxygens (including phenoxy) is 3. The lowest BCUT2D eigenvalue weighted by Gasteiger charge is -2.29. The summed E-state index contributed by atoms with van der Waals surface area (Å²) in [5.74, 6) is -2.19. The van der Waals surface area contributed by atoms with Crippen molar-refractivity contribution in [2.45, 2.75) is 26.6 Å². The second kappa shape index (κ2) is 5.79. The van der Waals surface area contributed by atoms with Crippen LogP contribution >= 0.6 is 11.3 Å². The average molecular weight is 348 g/mol. The van der Waals surface area contributed by atoms with Crippen molar-refractivity contribution in [1.82, 2.24) is 4.98 Å². The lowest BCUT2D eigenvalue weighted by atomic mass is 10.2. The maximum Gasteiger partial charge on any atom is 0.350 e. The molecule has 8 heteroatoms. The highest BCUT2D eigenvalue weighted by Gasteiger charge is 2.39. The fourth-order valence-corrected chi connectivity index (χ4v) is 3.13. The number of aromatic nitrogens is 1. The Morgan fingerprint density at radius 2 is 1.92 bits per heavy atom. The van der Waals surface area contributed by atoms with Gasteiger partial charge in [-0.15, -0.1) is 11.3 Å². The second-order valence-corrected chi connectivity index (χ2v) is 6.87. The Hall–Kier alpha value is -2.61. The standard InChI is InChI=1S/C16H16N2O5S/c1-8-18-11-5-12(21-4)10(6-13(11)24-8)17-7-9-14(19)22-16(2,3)23-15(9)20/h5-7,17H,1-4H3. The molecule has 1 aromatic heterocycles. The highest BCUT2D eigenvalue weighted by molar-refractivity contribution is 7.18. The first-order chi connectivity index (χ1) is 11.3. The van der Waals surface area contributed by atoms with Crippen molar-refractivity contribution in [3.63, 3.8) is 0 Å². The Morgan fingerprint density at radius 3 is 2.54 bits per heavy atom. The molecule has 0 atom stereocenters. The Bertz CT molecular complexity index is 847. The number of hydrogen-bond acceptors (Lipinski definition) is 8. The van der Waals surface area contributed by atoms with E-state index in [9.17, 15) is 9.59 Å². The van der Waals surface area contributed by atoms with Crippen LogP contribution in [0.3, 0.4) is 0 Å². The molecular formula is C16H16N2O5S. The van der Waals surface area contributed by atoms with E-state index in [-0.39, 0.29) is 5.57 Å². The molecule has 1 aliphatic rings. The van der Waals surface area contributed by atoms with Crippen LogP contribution in [0.25, 0.3) is 10.2 Å². The third-order valence-electron chi connectivity index (χ3n) is 3.31. The number of thiazole rings is 1. The van der Waals surface area contributed by atoms with Crippen molar-refractivity contribution in [2.24, 2.45) is 0 Å². The van der Waals surface area contributed by atoms with E-state index in [1.54, 1.807) is 6.07 Å². The van der Waals surface area contributed by atoms with Crippen molar-refractivity contribution >= 4 is 39.2 Å². The summed E-state index contributed by atoms with van der Waals surface area (Å²) < 4.78 is 16.4. The van der Waals surface area contributed by atoms with Crippen LogP contribution in [0.1, 0.15) is 18.9 Å². The number of nitrogens with one attached hydrogen (secondary N) is 1. The van der Waals surface area contributed by atoms with Crippen LogP contribution in [-0.4, -0.2) is 29.8 Å². The van der Waals surface area contributed by atoms with Gasteiger partial charge in [-0.2, -0.15) is 0 Å². The van der Waals surface area contributed by atoms with E-state index in [2.05, 4.69) is 10.3 Å². The number of cyclic esters (lactones) is 2. The summed E-state index contributed by atoms with van der Waals surface area (Å²) in [6, 6.07) is 3.64. The molecular weight excluding hydrogens is 332 g/mol. The number of hydrogen-bond donors (Lipinski definition) is 1. The van der Waals surface area contributed by atoms with Gasteiger partial charge < -0.3 is 19.5 Å². The van der Waals surface area contributed by atoms with Crippen molar-refractivity contribution in [2.75, 3.05) is 12.4 Å². The first kappa shape index (κ1) is 16.3. The van der Waals surface area contributed by atoms with E-state index in [0.29, 0.717) is 11.4 Å². The minimum Gasteiger partial charge on any atom is -0.494 e.